The normalized spacial score (nSPS) is 18.2. The van der Waals surface area contributed by atoms with Gasteiger partial charge in [0.25, 0.3) is 0 Å². The zero-order valence-corrected chi connectivity index (χ0v) is 13.5. The van der Waals surface area contributed by atoms with Crippen molar-refractivity contribution in [3.05, 3.63) is 23.9 Å². The van der Waals surface area contributed by atoms with Gasteiger partial charge < -0.3 is 9.64 Å². The van der Waals surface area contributed by atoms with Gasteiger partial charge in [-0.25, -0.2) is 9.78 Å². The first-order valence-corrected chi connectivity index (χ1v) is 7.50. The van der Waals surface area contributed by atoms with Crippen molar-refractivity contribution in [3.8, 4) is 0 Å². The van der Waals surface area contributed by atoms with E-state index in [2.05, 4.69) is 10.3 Å². The highest BCUT2D eigenvalue weighted by Crippen LogP contribution is 2.35. The summed E-state index contributed by atoms with van der Waals surface area (Å²) in [6.45, 7) is 7.72. The van der Waals surface area contributed by atoms with E-state index < -0.39 is 11.7 Å². The van der Waals surface area contributed by atoms with Crippen LogP contribution in [0.3, 0.4) is 0 Å². The molecule has 6 heteroatoms. The van der Waals surface area contributed by atoms with E-state index in [1.165, 1.54) is 0 Å². The van der Waals surface area contributed by atoms with Crippen LogP contribution in [0, 0.1) is 0 Å². The summed E-state index contributed by atoms with van der Waals surface area (Å²) in [6.07, 6.45) is 2.89. The van der Waals surface area contributed by atoms with E-state index in [1.54, 1.807) is 33.9 Å². The molecule has 1 atom stereocenters. The third-order valence-electron chi connectivity index (χ3n) is 3.47. The molecule has 0 unspecified atom stereocenters. The predicted octanol–water partition coefficient (Wildman–Crippen LogP) is 3.11. The summed E-state index contributed by atoms with van der Waals surface area (Å²) in [4.78, 5) is 29.8. The van der Waals surface area contributed by atoms with E-state index in [0.29, 0.717) is 5.82 Å². The monoisotopic (exact) mass is 305 g/mol. The SMILES string of the molecule is CC(=O)N1CCC[C@@H]1c1cccnc1NC(=O)OC(C)(C)C. The molecular formula is C16H23N3O3. The maximum Gasteiger partial charge on any atom is 0.413 e. The average molecular weight is 305 g/mol. The molecule has 1 aliphatic heterocycles. The molecule has 2 heterocycles. The van der Waals surface area contributed by atoms with Crippen molar-refractivity contribution in [1.29, 1.82) is 0 Å². The summed E-state index contributed by atoms with van der Waals surface area (Å²) >= 11 is 0. The van der Waals surface area contributed by atoms with E-state index in [0.717, 1.165) is 24.9 Å². The van der Waals surface area contributed by atoms with Crippen LogP contribution in [-0.4, -0.2) is 34.0 Å². The fraction of sp³-hybridized carbons (Fsp3) is 0.562. The molecule has 0 bridgehead atoms. The summed E-state index contributed by atoms with van der Waals surface area (Å²) in [5, 5.41) is 2.69. The summed E-state index contributed by atoms with van der Waals surface area (Å²) in [5.41, 5.74) is 0.277. The molecule has 0 aliphatic carbocycles. The standard InChI is InChI=1S/C16H23N3O3/c1-11(20)19-10-6-8-13(19)12-7-5-9-17-14(12)18-15(21)22-16(2,3)4/h5,7,9,13H,6,8,10H2,1-4H3,(H,17,18,21)/t13-/m1/s1. The first kappa shape index (κ1) is 16.3. The molecule has 1 N–H and O–H groups in total. The summed E-state index contributed by atoms with van der Waals surface area (Å²) in [7, 11) is 0. The second kappa shape index (κ2) is 6.34. The van der Waals surface area contributed by atoms with Crippen molar-refractivity contribution in [2.75, 3.05) is 11.9 Å². The van der Waals surface area contributed by atoms with Gasteiger partial charge in [-0.1, -0.05) is 6.07 Å². The lowest BCUT2D eigenvalue weighted by atomic mass is 10.1. The van der Waals surface area contributed by atoms with Crippen molar-refractivity contribution in [2.24, 2.45) is 0 Å². The first-order valence-electron chi connectivity index (χ1n) is 7.50. The highest BCUT2D eigenvalue weighted by molar-refractivity contribution is 5.85. The molecule has 0 radical (unpaired) electrons. The fourth-order valence-electron chi connectivity index (χ4n) is 2.66. The fourth-order valence-corrected chi connectivity index (χ4v) is 2.66. The lowest BCUT2D eigenvalue weighted by molar-refractivity contribution is -0.129. The van der Waals surface area contributed by atoms with Crippen LogP contribution in [0.5, 0.6) is 0 Å². The van der Waals surface area contributed by atoms with E-state index >= 15 is 0 Å². The lowest BCUT2D eigenvalue weighted by Crippen LogP contribution is -2.30. The van der Waals surface area contributed by atoms with E-state index in [9.17, 15) is 9.59 Å². The Balaban J connectivity index is 2.20. The van der Waals surface area contributed by atoms with Gasteiger partial charge in [0.05, 0.1) is 6.04 Å². The Morgan fingerprint density at radius 2 is 2.14 bits per heavy atom. The van der Waals surface area contributed by atoms with Crippen LogP contribution < -0.4 is 5.32 Å². The third-order valence-corrected chi connectivity index (χ3v) is 3.47. The predicted molar refractivity (Wildman–Crippen MR) is 83.5 cm³/mol. The molecule has 2 amide bonds. The Labute approximate surface area is 130 Å². The number of carbonyl (C=O) groups is 2. The van der Waals surface area contributed by atoms with Crippen molar-refractivity contribution >= 4 is 17.8 Å². The molecule has 0 aromatic carbocycles. The molecule has 1 aromatic rings. The highest BCUT2D eigenvalue weighted by Gasteiger charge is 2.30. The van der Waals surface area contributed by atoms with Gasteiger partial charge in [0.15, 0.2) is 0 Å². The zero-order chi connectivity index (χ0) is 16.3. The Kier molecular flexibility index (Phi) is 4.68. The van der Waals surface area contributed by atoms with Gasteiger partial charge >= 0.3 is 6.09 Å². The quantitative estimate of drug-likeness (QED) is 0.911. The number of aromatic nitrogens is 1. The van der Waals surface area contributed by atoms with Crippen molar-refractivity contribution in [1.82, 2.24) is 9.88 Å². The number of nitrogens with one attached hydrogen (secondary N) is 1. The number of pyridine rings is 1. The Morgan fingerprint density at radius 1 is 1.41 bits per heavy atom. The molecule has 22 heavy (non-hydrogen) atoms. The first-order chi connectivity index (χ1) is 10.3. The smallest absolute Gasteiger partial charge is 0.413 e. The molecule has 2 rings (SSSR count). The second-order valence-electron chi connectivity index (χ2n) is 6.44. The van der Waals surface area contributed by atoms with E-state index in [1.807, 2.05) is 17.0 Å². The Bertz CT molecular complexity index is 566. The molecule has 1 aromatic heterocycles. The molecule has 1 saturated heterocycles. The van der Waals surface area contributed by atoms with Crippen LogP contribution in [0.1, 0.15) is 52.1 Å². The number of hydrogen-bond donors (Lipinski definition) is 1. The topological polar surface area (TPSA) is 71.5 Å². The molecule has 0 saturated carbocycles. The van der Waals surface area contributed by atoms with E-state index in [4.69, 9.17) is 4.74 Å². The van der Waals surface area contributed by atoms with Crippen LogP contribution in [0.4, 0.5) is 10.6 Å². The number of carbonyl (C=O) groups excluding carboxylic acids is 2. The van der Waals surface area contributed by atoms with Gasteiger partial charge in [0, 0.05) is 25.2 Å². The van der Waals surface area contributed by atoms with E-state index in [-0.39, 0.29) is 11.9 Å². The summed E-state index contributed by atoms with van der Waals surface area (Å²) in [6, 6.07) is 3.66. The number of likely N-dealkylation sites (tertiary alicyclic amines) is 1. The number of hydrogen-bond acceptors (Lipinski definition) is 4. The summed E-state index contributed by atoms with van der Waals surface area (Å²) in [5.74, 6) is 0.490. The molecular weight excluding hydrogens is 282 g/mol. The van der Waals surface area contributed by atoms with Gasteiger partial charge in [-0.15, -0.1) is 0 Å². The minimum absolute atomic E-state index is 0.0366. The second-order valence-corrected chi connectivity index (χ2v) is 6.44. The third kappa shape index (κ3) is 3.96. The summed E-state index contributed by atoms with van der Waals surface area (Å²) < 4.78 is 5.26. The van der Waals surface area contributed by atoms with Crippen LogP contribution in [0.15, 0.2) is 18.3 Å². The average Bonchev–Trinajstić information content (AvgIpc) is 2.86. The largest absolute Gasteiger partial charge is 0.444 e. The van der Waals surface area contributed by atoms with Gasteiger partial charge in [-0.05, 0) is 39.7 Å². The van der Waals surface area contributed by atoms with Crippen LogP contribution in [0.25, 0.3) is 0 Å². The maximum absolute atomic E-state index is 12.0. The zero-order valence-electron chi connectivity index (χ0n) is 13.5. The Hall–Kier alpha value is -2.11. The van der Waals surface area contributed by atoms with Crippen LogP contribution in [0.2, 0.25) is 0 Å². The van der Waals surface area contributed by atoms with Gasteiger partial charge in [-0.3, -0.25) is 10.1 Å². The van der Waals surface area contributed by atoms with Crippen LogP contribution >= 0.6 is 0 Å². The van der Waals surface area contributed by atoms with Crippen molar-refractivity contribution in [2.45, 2.75) is 52.2 Å². The minimum Gasteiger partial charge on any atom is -0.444 e. The number of amides is 2. The van der Waals surface area contributed by atoms with Crippen molar-refractivity contribution in [3.63, 3.8) is 0 Å². The number of rotatable bonds is 2. The number of nitrogens with zero attached hydrogens (tertiary/aromatic N) is 2. The Morgan fingerprint density at radius 3 is 2.77 bits per heavy atom. The van der Waals surface area contributed by atoms with Gasteiger partial charge in [0.1, 0.15) is 11.4 Å². The molecule has 120 valence electrons. The lowest BCUT2D eigenvalue weighted by Gasteiger charge is -2.25. The van der Waals surface area contributed by atoms with Gasteiger partial charge in [-0.2, -0.15) is 0 Å². The van der Waals surface area contributed by atoms with Crippen molar-refractivity contribution < 1.29 is 14.3 Å². The maximum atomic E-state index is 12.0. The number of ether oxygens (including phenoxy) is 1. The molecule has 1 aliphatic rings. The van der Waals surface area contributed by atoms with Gasteiger partial charge in [0.2, 0.25) is 5.91 Å². The van der Waals surface area contributed by atoms with Crippen LogP contribution in [-0.2, 0) is 9.53 Å². The minimum atomic E-state index is -0.572. The molecule has 1 fully saturated rings. The highest BCUT2D eigenvalue weighted by atomic mass is 16.6. The molecule has 0 spiro atoms. The molecule has 6 nitrogen and oxygen atoms in total. The number of anilines is 1.